The van der Waals surface area contributed by atoms with Crippen molar-refractivity contribution in [2.45, 2.75) is 19.0 Å². The summed E-state index contributed by atoms with van der Waals surface area (Å²) in [5.41, 5.74) is 1.54. The number of ether oxygens (including phenoxy) is 1. The molecule has 5 rings (SSSR count). The summed E-state index contributed by atoms with van der Waals surface area (Å²) >= 11 is 0. The fourth-order valence-electron chi connectivity index (χ4n) is 3.88. The zero-order chi connectivity index (χ0) is 22.5. The lowest BCUT2D eigenvalue weighted by Crippen LogP contribution is -2.54. The number of hydrogen-bond donors (Lipinski definition) is 3. The number of carbonyl (C=O) groups excluding carboxylic acids is 3. The standard InChI is InChI=1S/C22H18N6O4/c1-12-24-17-7-13(9-23-18(17)25-12)5-6-22(20(30)26-21(31)27-22)11-28-10-14-3-4-15(32-2)8-16(14)19(28)29/h3-4,7-9H,10-11H2,1-2H3,(H,23,24,25)(H2,26,27,30,31)/t22-/m1/s1. The molecule has 1 atom stereocenters. The van der Waals surface area contributed by atoms with Crippen LogP contribution in [-0.4, -0.2) is 56.9 Å². The number of methoxy groups -OCH3 is 1. The molecule has 0 spiro atoms. The van der Waals surface area contributed by atoms with Crippen LogP contribution in [0.1, 0.15) is 27.3 Å². The fraction of sp³-hybridized carbons (Fsp3) is 0.227. The molecular formula is C22H18N6O4. The molecule has 1 saturated heterocycles. The van der Waals surface area contributed by atoms with Gasteiger partial charge in [0.15, 0.2) is 5.65 Å². The summed E-state index contributed by atoms with van der Waals surface area (Å²) in [6, 6.07) is 6.35. The van der Waals surface area contributed by atoms with Gasteiger partial charge in [0.25, 0.3) is 11.8 Å². The van der Waals surface area contributed by atoms with Crippen LogP contribution < -0.4 is 15.4 Å². The first-order valence-corrected chi connectivity index (χ1v) is 9.82. The first kappa shape index (κ1) is 19.6. The SMILES string of the molecule is COc1ccc2c(c1)C(=O)N(C[C@@]1(C#Cc3cnc4nc(C)[nH]c4c3)NC(=O)NC1=O)C2. The van der Waals surface area contributed by atoms with Crippen molar-refractivity contribution in [3.8, 4) is 17.6 Å². The molecule has 1 fully saturated rings. The number of imide groups is 1. The maximum absolute atomic E-state index is 13.0. The topological polar surface area (TPSA) is 129 Å². The Morgan fingerprint density at radius 1 is 1.25 bits per heavy atom. The molecule has 160 valence electrons. The van der Waals surface area contributed by atoms with Gasteiger partial charge in [-0.25, -0.2) is 14.8 Å². The molecule has 10 nitrogen and oxygen atoms in total. The maximum atomic E-state index is 13.0. The van der Waals surface area contributed by atoms with E-state index in [1.165, 1.54) is 12.0 Å². The van der Waals surface area contributed by atoms with E-state index in [1.54, 1.807) is 24.4 Å². The van der Waals surface area contributed by atoms with E-state index in [4.69, 9.17) is 4.74 Å². The molecule has 10 heteroatoms. The highest BCUT2D eigenvalue weighted by atomic mass is 16.5. The average molecular weight is 430 g/mol. The largest absolute Gasteiger partial charge is 0.497 e. The van der Waals surface area contributed by atoms with Gasteiger partial charge in [-0.1, -0.05) is 17.9 Å². The van der Waals surface area contributed by atoms with Gasteiger partial charge in [-0.05, 0) is 30.7 Å². The number of pyridine rings is 1. The Labute approximate surface area is 182 Å². The van der Waals surface area contributed by atoms with Crippen molar-refractivity contribution < 1.29 is 19.1 Å². The van der Waals surface area contributed by atoms with Crippen molar-refractivity contribution in [3.63, 3.8) is 0 Å². The number of aryl methyl sites for hydroxylation is 1. The van der Waals surface area contributed by atoms with Crippen molar-refractivity contribution in [2.75, 3.05) is 13.7 Å². The Kier molecular flexibility index (Phi) is 4.34. The van der Waals surface area contributed by atoms with Crippen LogP contribution in [0, 0.1) is 18.8 Å². The van der Waals surface area contributed by atoms with Gasteiger partial charge in [-0.15, -0.1) is 0 Å². The molecule has 1 aromatic carbocycles. The lowest BCUT2D eigenvalue weighted by atomic mass is 9.99. The lowest BCUT2D eigenvalue weighted by molar-refractivity contribution is -0.122. The minimum Gasteiger partial charge on any atom is -0.497 e. The van der Waals surface area contributed by atoms with E-state index < -0.39 is 17.5 Å². The Bertz CT molecular complexity index is 1370. The quantitative estimate of drug-likeness (QED) is 0.418. The fourth-order valence-corrected chi connectivity index (χ4v) is 3.88. The Morgan fingerprint density at radius 2 is 2.09 bits per heavy atom. The van der Waals surface area contributed by atoms with Crippen molar-refractivity contribution in [1.82, 2.24) is 30.5 Å². The first-order valence-electron chi connectivity index (χ1n) is 9.82. The number of aromatic nitrogens is 3. The number of fused-ring (bicyclic) bond motifs is 2. The normalized spacial score (nSPS) is 19.4. The Balaban J connectivity index is 1.47. The van der Waals surface area contributed by atoms with Gasteiger partial charge in [0.1, 0.15) is 11.6 Å². The molecule has 4 heterocycles. The van der Waals surface area contributed by atoms with Crippen LogP contribution in [-0.2, 0) is 11.3 Å². The zero-order valence-corrected chi connectivity index (χ0v) is 17.3. The van der Waals surface area contributed by atoms with Crippen LogP contribution in [0.2, 0.25) is 0 Å². The number of nitrogens with one attached hydrogen (secondary N) is 3. The summed E-state index contributed by atoms with van der Waals surface area (Å²) in [5.74, 6) is 6.21. The number of urea groups is 1. The smallest absolute Gasteiger partial charge is 0.323 e. The molecule has 2 aromatic heterocycles. The lowest BCUT2D eigenvalue weighted by Gasteiger charge is -2.26. The summed E-state index contributed by atoms with van der Waals surface area (Å²) in [4.78, 5) is 50.7. The molecule has 0 aliphatic carbocycles. The zero-order valence-electron chi connectivity index (χ0n) is 17.3. The second-order valence-corrected chi connectivity index (χ2v) is 7.67. The molecule has 0 bridgehead atoms. The van der Waals surface area contributed by atoms with Gasteiger partial charge in [-0.2, -0.15) is 0 Å². The highest BCUT2D eigenvalue weighted by molar-refractivity contribution is 6.10. The van der Waals surface area contributed by atoms with E-state index in [1.807, 2.05) is 13.0 Å². The van der Waals surface area contributed by atoms with Gasteiger partial charge in [0.2, 0.25) is 5.54 Å². The van der Waals surface area contributed by atoms with E-state index in [0.717, 1.165) is 11.4 Å². The summed E-state index contributed by atoms with van der Waals surface area (Å²) in [6.45, 7) is 2.01. The number of benzene rings is 1. The van der Waals surface area contributed by atoms with Crippen molar-refractivity contribution in [1.29, 1.82) is 0 Å². The molecule has 3 N–H and O–H groups in total. The molecule has 32 heavy (non-hydrogen) atoms. The molecule has 2 aliphatic rings. The van der Waals surface area contributed by atoms with Crippen LogP contribution in [0.3, 0.4) is 0 Å². The van der Waals surface area contributed by atoms with Crippen molar-refractivity contribution in [3.05, 3.63) is 53.0 Å². The van der Waals surface area contributed by atoms with Gasteiger partial charge >= 0.3 is 6.03 Å². The third kappa shape index (κ3) is 3.20. The minimum absolute atomic E-state index is 0.105. The Morgan fingerprint density at radius 3 is 2.84 bits per heavy atom. The van der Waals surface area contributed by atoms with Gasteiger partial charge in [0.05, 0.1) is 19.2 Å². The molecule has 0 unspecified atom stereocenters. The third-order valence-electron chi connectivity index (χ3n) is 5.44. The number of carbonyl (C=O) groups is 3. The Hall–Kier alpha value is -4.39. The van der Waals surface area contributed by atoms with Crippen LogP contribution in [0.5, 0.6) is 5.75 Å². The van der Waals surface area contributed by atoms with Gasteiger partial charge in [-0.3, -0.25) is 14.9 Å². The highest BCUT2D eigenvalue weighted by Crippen LogP contribution is 2.28. The van der Waals surface area contributed by atoms with E-state index in [0.29, 0.717) is 34.6 Å². The predicted octanol–water partition coefficient (Wildman–Crippen LogP) is 0.861. The van der Waals surface area contributed by atoms with Gasteiger partial charge in [0, 0.05) is 23.9 Å². The van der Waals surface area contributed by atoms with E-state index in [2.05, 4.69) is 37.4 Å². The number of rotatable bonds is 3. The van der Waals surface area contributed by atoms with E-state index in [9.17, 15) is 14.4 Å². The number of hydrogen-bond acceptors (Lipinski definition) is 6. The first-order chi connectivity index (χ1) is 15.4. The second-order valence-electron chi connectivity index (χ2n) is 7.67. The molecule has 3 aromatic rings. The average Bonchev–Trinajstić information content (AvgIpc) is 3.38. The predicted molar refractivity (Wildman–Crippen MR) is 113 cm³/mol. The minimum atomic E-state index is -1.59. The van der Waals surface area contributed by atoms with Gasteiger partial charge < -0.3 is 19.9 Å². The molecule has 0 saturated carbocycles. The number of aromatic amines is 1. The highest BCUT2D eigenvalue weighted by Gasteiger charge is 2.48. The summed E-state index contributed by atoms with van der Waals surface area (Å²) in [5, 5.41) is 4.82. The van der Waals surface area contributed by atoms with Crippen molar-refractivity contribution in [2.24, 2.45) is 0 Å². The monoisotopic (exact) mass is 430 g/mol. The summed E-state index contributed by atoms with van der Waals surface area (Å²) < 4.78 is 5.20. The molecule has 4 amide bonds. The second kappa shape index (κ2) is 7.09. The molecule has 2 aliphatic heterocycles. The number of H-pyrrole nitrogens is 1. The third-order valence-corrected chi connectivity index (χ3v) is 5.44. The number of amides is 4. The van der Waals surface area contributed by atoms with Crippen LogP contribution in [0.4, 0.5) is 4.79 Å². The molecule has 0 radical (unpaired) electrons. The van der Waals surface area contributed by atoms with E-state index in [-0.39, 0.29) is 12.5 Å². The number of imidazole rings is 1. The maximum Gasteiger partial charge on any atom is 0.323 e. The van der Waals surface area contributed by atoms with E-state index >= 15 is 0 Å². The summed E-state index contributed by atoms with van der Waals surface area (Å²) in [6.07, 6.45) is 1.54. The van der Waals surface area contributed by atoms with Crippen LogP contribution >= 0.6 is 0 Å². The van der Waals surface area contributed by atoms with Crippen LogP contribution in [0.25, 0.3) is 11.2 Å². The van der Waals surface area contributed by atoms with Crippen LogP contribution in [0.15, 0.2) is 30.5 Å². The molecular weight excluding hydrogens is 412 g/mol. The number of nitrogens with zero attached hydrogens (tertiary/aromatic N) is 3. The summed E-state index contributed by atoms with van der Waals surface area (Å²) in [7, 11) is 1.53. The van der Waals surface area contributed by atoms with Crippen molar-refractivity contribution >= 4 is 29.0 Å².